The number of amides is 2. The second-order valence-corrected chi connectivity index (χ2v) is 4.97. The van der Waals surface area contributed by atoms with Gasteiger partial charge in [0.2, 0.25) is 0 Å². The highest BCUT2D eigenvalue weighted by atomic mass is 19.4. The highest BCUT2D eigenvalue weighted by molar-refractivity contribution is 5.93. The molecule has 0 unspecified atom stereocenters. The first-order valence-corrected chi connectivity index (χ1v) is 7.43. The van der Waals surface area contributed by atoms with Crippen LogP contribution in [-0.4, -0.2) is 52.3 Å². The van der Waals surface area contributed by atoms with Crippen molar-refractivity contribution in [1.29, 1.82) is 0 Å². The van der Waals surface area contributed by atoms with Gasteiger partial charge in [-0.05, 0) is 18.2 Å². The summed E-state index contributed by atoms with van der Waals surface area (Å²) in [4.78, 5) is 23.0. The standard InChI is InChI=1S/C15H20F3N3O4/c1-19-13(22)8-20-9-14(23)21-11-7-10(15(16,17)18)3-4-12(11)25-6-5-24-2/h3-4,7,20H,5-6,8-9H2,1-2H3,(H,19,22)(H,21,23)/p+1. The first-order chi connectivity index (χ1) is 11.8. The van der Waals surface area contributed by atoms with Crippen molar-refractivity contribution in [2.45, 2.75) is 6.18 Å². The summed E-state index contributed by atoms with van der Waals surface area (Å²) < 4.78 is 48.7. The van der Waals surface area contributed by atoms with Crippen LogP contribution < -0.4 is 20.7 Å². The molecule has 1 aromatic rings. The lowest BCUT2D eigenvalue weighted by Crippen LogP contribution is -2.88. The number of benzene rings is 1. The Bertz CT molecular complexity index is 594. The summed E-state index contributed by atoms with van der Waals surface area (Å²) in [5.74, 6) is -0.722. The van der Waals surface area contributed by atoms with Crippen LogP contribution in [-0.2, 0) is 20.5 Å². The normalized spacial score (nSPS) is 11.1. The van der Waals surface area contributed by atoms with E-state index in [0.717, 1.165) is 18.2 Å². The molecule has 0 saturated heterocycles. The fraction of sp³-hybridized carbons (Fsp3) is 0.467. The summed E-state index contributed by atoms with van der Waals surface area (Å²) in [6, 6.07) is 2.82. The molecule has 0 aromatic heterocycles. The van der Waals surface area contributed by atoms with E-state index in [-0.39, 0.29) is 43.6 Å². The van der Waals surface area contributed by atoms with Gasteiger partial charge in [0.25, 0.3) is 11.8 Å². The smallest absolute Gasteiger partial charge is 0.416 e. The van der Waals surface area contributed by atoms with Crippen LogP contribution in [0.5, 0.6) is 5.75 Å². The number of nitrogens with one attached hydrogen (secondary N) is 2. The van der Waals surface area contributed by atoms with E-state index in [0.29, 0.717) is 0 Å². The number of nitrogens with two attached hydrogens (primary N) is 1. The average Bonchev–Trinajstić information content (AvgIpc) is 2.55. The van der Waals surface area contributed by atoms with Gasteiger partial charge in [-0.15, -0.1) is 0 Å². The third-order valence-corrected chi connectivity index (χ3v) is 3.06. The molecule has 0 aliphatic rings. The zero-order valence-electron chi connectivity index (χ0n) is 13.9. The molecular formula is C15H21F3N3O4+. The van der Waals surface area contributed by atoms with Crippen molar-refractivity contribution in [3.05, 3.63) is 23.8 Å². The van der Waals surface area contributed by atoms with Gasteiger partial charge in [-0.25, -0.2) is 0 Å². The van der Waals surface area contributed by atoms with Crippen LogP contribution >= 0.6 is 0 Å². The van der Waals surface area contributed by atoms with E-state index in [4.69, 9.17) is 9.47 Å². The lowest BCUT2D eigenvalue weighted by molar-refractivity contribution is -0.632. The van der Waals surface area contributed by atoms with Crippen LogP contribution in [0.15, 0.2) is 18.2 Å². The molecule has 0 bridgehead atoms. The molecule has 0 atom stereocenters. The van der Waals surface area contributed by atoms with E-state index in [2.05, 4.69) is 10.6 Å². The zero-order chi connectivity index (χ0) is 18.9. The van der Waals surface area contributed by atoms with Crippen LogP contribution in [0.25, 0.3) is 0 Å². The van der Waals surface area contributed by atoms with Crippen molar-refractivity contribution in [3.8, 4) is 5.75 Å². The molecule has 4 N–H and O–H groups in total. The Morgan fingerprint density at radius 2 is 1.84 bits per heavy atom. The molecule has 0 saturated carbocycles. The van der Waals surface area contributed by atoms with Crippen molar-refractivity contribution in [2.75, 3.05) is 45.8 Å². The lowest BCUT2D eigenvalue weighted by Gasteiger charge is -2.15. The molecule has 1 rings (SSSR count). The van der Waals surface area contributed by atoms with E-state index >= 15 is 0 Å². The van der Waals surface area contributed by atoms with Crippen LogP contribution in [0.4, 0.5) is 18.9 Å². The molecule has 0 fully saturated rings. The van der Waals surface area contributed by atoms with Crippen LogP contribution in [0.1, 0.15) is 5.56 Å². The van der Waals surface area contributed by atoms with Crippen LogP contribution in [0.2, 0.25) is 0 Å². The van der Waals surface area contributed by atoms with E-state index in [1.54, 1.807) is 0 Å². The number of hydrogen-bond acceptors (Lipinski definition) is 4. The quantitative estimate of drug-likeness (QED) is 0.537. The number of hydrogen-bond donors (Lipinski definition) is 3. The van der Waals surface area contributed by atoms with E-state index < -0.39 is 17.6 Å². The molecule has 0 spiro atoms. The summed E-state index contributed by atoms with van der Waals surface area (Å²) in [6.45, 7) is 0.271. The van der Waals surface area contributed by atoms with Crippen molar-refractivity contribution in [3.63, 3.8) is 0 Å². The van der Waals surface area contributed by atoms with Crippen LogP contribution in [0, 0.1) is 0 Å². The van der Waals surface area contributed by atoms with Gasteiger partial charge in [-0.1, -0.05) is 0 Å². The van der Waals surface area contributed by atoms with Crippen molar-refractivity contribution in [2.24, 2.45) is 0 Å². The maximum absolute atomic E-state index is 12.8. The summed E-state index contributed by atoms with van der Waals surface area (Å²) >= 11 is 0. The Kier molecular flexibility index (Phi) is 8.16. The minimum absolute atomic E-state index is 0.0315. The number of quaternary nitrogens is 1. The third-order valence-electron chi connectivity index (χ3n) is 3.06. The first-order valence-electron chi connectivity index (χ1n) is 7.43. The fourth-order valence-corrected chi connectivity index (χ4v) is 1.80. The van der Waals surface area contributed by atoms with E-state index in [1.165, 1.54) is 19.5 Å². The average molecular weight is 364 g/mol. The molecule has 0 radical (unpaired) electrons. The Labute approximate surface area is 142 Å². The minimum atomic E-state index is -4.55. The van der Waals surface area contributed by atoms with Gasteiger partial charge in [0.05, 0.1) is 17.9 Å². The molecule has 0 heterocycles. The highest BCUT2D eigenvalue weighted by Gasteiger charge is 2.31. The molecule has 2 amide bonds. The number of ether oxygens (including phenoxy) is 2. The number of likely N-dealkylation sites (N-methyl/N-ethyl adjacent to an activating group) is 1. The van der Waals surface area contributed by atoms with Crippen molar-refractivity contribution < 1.29 is 37.6 Å². The SMILES string of the molecule is CNC(=O)C[NH2+]CC(=O)Nc1cc(C(F)(F)F)ccc1OCCOC. The number of alkyl halides is 3. The molecular weight excluding hydrogens is 343 g/mol. The van der Waals surface area contributed by atoms with E-state index in [1.807, 2.05) is 0 Å². The molecule has 0 aliphatic heterocycles. The summed E-state index contributed by atoms with van der Waals surface area (Å²) in [6.07, 6.45) is -4.55. The lowest BCUT2D eigenvalue weighted by atomic mass is 10.1. The highest BCUT2D eigenvalue weighted by Crippen LogP contribution is 2.35. The van der Waals surface area contributed by atoms with Gasteiger partial charge in [0.15, 0.2) is 13.1 Å². The molecule has 140 valence electrons. The third kappa shape index (κ3) is 7.40. The van der Waals surface area contributed by atoms with Gasteiger partial charge in [-0.3, -0.25) is 9.59 Å². The number of anilines is 1. The van der Waals surface area contributed by atoms with Gasteiger partial charge in [-0.2, -0.15) is 13.2 Å². The zero-order valence-corrected chi connectivity index (χ0v) is 13.9. The molecule has 25 heavy (non-hydrogen) atoms. The maximum atomic E-state index is 12.8. The summed E-state index contributed by atoms with van der Waals surface area (Å²) in [5, 5.41) is 6.19. The number of methoxy groups -OCH3 is 1. The van der Waals surface area contributed by atoms with Gasteiger partial charge >= 0.3 is 6.18 Å². The Morgan fingerprint density at radius 3 is 2.44 bits per heavy atom. The second kappa shape index (κ2) is 9.84. The van der Waals surface area contributed by atoms with Gasteiger partial charge < -0.3 is 25.4 Å². The molecule has 0 aliphatic carbocycles. The van der Waals surface area contributed by atoms with Gasteiger partial charge in [0.1, 0.15) is 12.4 Å². The van der Waals surface area contributed by atoms with Gasteiger partial charge in [0, 0.05) is 14.2 Å². The summed E-state index contributed by atoms with van der Waals surface area (Å²) in [5.41, 5.74) is -1.000. The largest absolute Gasteiger partial charge is 0.489 e. The number of rotatable bonds is 9. The number of carbonyl (C=O) groups is 2. The summed E-state index contributed by atoms with van der Waals surface area (Å²) in [7, 11) is 2.92. The Hall–Kier alpha value is -2.33. The van der Waals surface area contributed by atoms with E-state index in [9.17, 15) is 22.8 Å². The topological polar surface area (TPSA) is 93.3 Å². The monoisotopic (exact) mass is 364 g/mol. The number of carbonyl (C=O) groups excluding carboxylic acids is 2. The number of halogens is 3. The predicted octanol–water partition coefficient (Wildman–Crippen LogP) is -0.0215. The Morgan fingerprint density at radius 1 is 1.16 bits per heavy atom. The molecule has 1 aromatic carbocycles. The molecule has 10 heteroatoms. The first kappa shape index (κ1) is 20.7. The predicted molar refractivity (Wildman–Crippen MR) is 83.2 cm³/mol. The fourth-order valence-electron chi connectivity index (χ4n) is 1.80. The van der Waals surface area contributed by atoms with Crippen molar-refractivity contribution >= 4 is 17.5 Å². The van der Waals surface area contributed by atoms with Crippen molar-refractivity contribution in [1.82, 2.24) is 5.32 Å². The van der Waals surface area contributed by atoms with Crippen LogP contribution in [0.3, 0.4) is 0 Å². The Balaban J connectivity index is 2.81. The maximum Gasteiger partial charge on any atom is 0.416 e. The minimum Gasteiger partial charge on any atom is -0.489 e. The second-order valence-electron chi connectivity index (χ2n) is 4.97. The molecule has 7 nitrogen and oxygen atoms in total.